The van der Waals surface area contributed by atoms with Crippen LogP contribution in [0.25, 0.3) is 0 Å². The fourth-order valence-corrected chi connectivity index (χ4v) is 1.06. The van der Waals surface area contributed by atoms with Gasteiger partial charge in [0.25, 0.3) is 0 Å². The van der Waals surface area contributed by atoms with Crippen molar-refractivity contribution in [2.24, 2.45) is 0 Å². The van der Waals surface area contributed by atoms with E-state index in [1.54, 1.807) is 0 Å². The van der Waals surface area contributed by atoms with Gasteiger partial charge in [-0.05, 0) is 27.1 Å². The van der Waals surface area contributed by atoms with Crippen LogP contribution in [-0.4, -0.2) is 38.1 Å². The molecule has 0 aromatic heterocycles. The summed E-state index contributed by atoms with van der Waals surface area (Å²) in [5.41, 5.74) is 0. The molecule has 0 aromatic carbocycles. The topological polar surface area (TPSA) is 15.3 Å². The molecule has 0 spiro atoms. The van der Waals surface area contributed by atoms with Crippen molar-refractivity contribution >= 4 is 0 Å². The van der Waals surface area contributed by atoms with Gasteiger partial charge in [0.15, 0.2) is 0 Å². The molecular formula is C6H14N2. The van der Waals surface area contributed by atoms with Crippen molar-refractivity contribution < 1.29 is 0 Å². The highest BCUT2D eigenvalue weighted by molar-refractivity contribution is 4.80. The van der Waals surface area contributed by atoms with E-state index in [1.807, 2.05) is 7.05 Å². The molecule has 1 fully saturated rings. The molecular weight excluding hydrogens is 100 g/mol. The third kappa shape index (κ3) is 1.01. The van der Waals surface area contributed by atoms with E-state index in [0.717, 1.165) is 12.6 Å². The van der Waals surface area contributed by atoms with E-state index in [4.69, 9.17) is 0 Å². The monoisotopic (exact) mass is 114 g/mol. The van der Waals surface area contributed by atoms with Gasteiger partial charge < -0.3 is 10.2 Å². The Balaban J connectivity index is 2.08. The number of hydrogen-bond donors (Lipinski definition) is 1. The van der Waals surface area contributed by atoms with Crippen molar-refractivity contribution in [2.45, 2.75) is 12.5 Å². The first-order valence-corrected chi connectivity index (χ1v) is 3.19. The summed E-state index contributed by atoms with van der Waals surface area (Å²) in [4.78, 5) is 2.37. The van der Waals surface area contributed by atoms with Crippen molar-refractivity contribution in [1.29, 1.82) is 0 Å². The minimum absolute atomic E-state index is 0.819. The van der Waals surface area contributed by atoms with Crippen LogP contribution >= 0.6 is 0 Å². The van der Waals surface area contributed by atoms with Crippen LogP contribution in [0, 0.1) is 0 Å². The van der Waals surface area contributed by atoms with Crippen LogP contribution in [-0.2, 0) is 0 Å². The van der Waals surface area contributed by atoms with E-state index in [2.05, 4.69) is 17.3 Å². The Morgan fingerprint density at radius 2 is 2.50 bits per heavy atom. The number of nitrogens with one attached hydrogen (secondary N) is 1. The summed E-state index contributed by atoms with van der Waals surface area (Å²) in [6.45, 7) is 2.43. The molecule has 1 N–H and O–H groups in total. The number of hydrogen-bond acceptors (Lipinski definition) is 2. The molecule has 0 amide bonds. The first-order chi connectivity index (χ1) is 3.84. The lowest BCUT2D eigenvalue weighted by atomic mass is 10.1. The molecule has 0 radical (unpaired) electrons. The maximum atomic E-state index is 3.16. The van der Waals surface area contributed by atoms with Crippen molar-refractivity contribution in [3.63, 3.8) is 0 Å². The van der Waals surface area contributed by atoms with E-state index >= 15 is 0 Å². The Bertz CT molecular complexity index is 72.9. The second kappa shape index (κ2) is 2.46. The van der Waals surface area contributed by atoms with Gasteiger partial charge in [0, 0.05) is 12.6 Å². The van der Waals surface area contributed by atoms with Gasteiger partial charge in [-0.1, -0.05) is 0 Å². The molecule has 1 atom stereocenters. The van der Waals surface area contributed by atoms with Crippen LogP contribution < -0.4 is 5.32 Å². The third-order valence-corrected chi connectivity index (χ3v) is 1.88. The zero-order valence-corrected chi connectivity index (χ0v) is 5.65. The van der Waals surface area contributed by atoms with Crippen LogP contribution in [0.3, 0.4) is 0 Å². The second-order valence-corrected chi connectivity index (χ2v) is 2.48. The highest BCUT2D eigenvalue weighted by Gasteiger charge is 2.22. The largest absolute Gasteiger partial charge is 0.318 e. The molecule has 0 bridgehead atoms. The predicted molar refractivity (Wildman–Crippen MR) is 35.0 cm³/mol. The Morgan fingerprint density at radius 3 is 2.62 bits per heavy atom. The number of rotatable bonds is 2. The molecule has 0 saturated carbocycles. The van der Waals surface area contributed by atoms with Crippen molar-refractivity contribution in [3.05, 3.63) is 0 Å². The highest BCUT2D eigenvalue weighted by Crippen LogP contribution is 2.11. The van der Waals surface area contributed by atoms with Crippen LogP contribution in [0.1, 0.15) is 6.42 Å². The Hall–Kier alpha value is -0.0800. The van der Waals surface area contributed by atoms with Crippen LogP contribution in [0.15, 0.2) is 0 Å². The molecule has 48 valence electrons. The molecule has 0 aliphatic carbocycles. The van der Waals surface area contributed by atoms with Gasteiger partial charge in [0.2, 0.25) is 0 Å². The summed E-state index contributed by atoms with van der Waals surface area (Å²) in [6, 6.07) is 0.819. The average molecular weight is 114 g/mol. The second-order valence-electron chi connectivity index (χ2n) is 2.48. The lowest BCUT2D eigenvalue weighted by Crippen LogP contribution is -2.49. The van der Waals surface area contributed by atoms with E-state index in [-0.39, 0.29) is 0 Å². The fraction of sp³-hybridized carbons (Fsp3) is 1.00. The summed E-state index contributed by atoms with van der Waals surface area (Å²) >= 11 is 0. The molecule has 2 heteroatoms. The summed E-state index contributed by atoms with van der Waals surface area (Å²) in [5.74, 6) is 0. The predicted octanol–water partition coefficient (Wildman–Crippen LogP) is -0.0901. The standard InChI is InChI=1S/C6H14N2/c1-7-5-6-3-4-8(6)2/h6-7H,3-5H2,1-2H3/t6-/m1/s1. The van der Waals surface area contributed by atoms with E-state index in [9.17, 15) is 0 Å². The molecule has 1 heterocycles. The smallest absolute Gasteiger partial charge is 0.0229 e. The molecule has 1 aliphatic heterocycles. The lowest BCUT2D eigenvalue weighted by Gasteiger charge is -2.37. The quantitative estimate of drug-likeness (QED) is 0.539. The van der Waals surface area contributed by atoms with Crippen LogP contribution in [0.4, 0.5) is 0 Å². The third-order valence-electron chi connectivity index (χ3n) is 1.88. The van der Waals surface area contributed by atoms with Crippen molar-refractivity contribution in [3.8, 4) is 0 Å². The molecule has 0 aromatic rings. The fourth-order valence-electron chi connectivity index (χ4n) is 1.06. The molecule has 0 unspecified atom stereocenters. The molecule has 2 nitrogen and oxygen atoms in total. The van der Waals surface area contributed by atoms with Crippen molar-refractivity contribution in [2.75, 3.05) is 27.2 Å². The minimum Gasteiger partial charge on any atom is -0.318 e. The summed E-state index contributed by atoms with van der Waals surface area (Å²) in [5, 5.41) is 3.16. The first-order valence-electron chi connectivity index (χ1n) is 3.19. The zero-order chi connectivity index (χ0) is 5.98. The highest BCUT2D eigenvalue weighted by atomic mass is 15.2. The number of likely N-dealkylation sites (tertiary alicyclic amines) is 1. The van der Waals surface area contributed by atoms with Crippen molar-refractivity contribution in [1.82, 2.24) is 10.2 Å². The molecule has 1 saturated heterocycles. The molecule has 1 aliphatic rings. The Morgan fingerprint density at radius 1 is 1.75 bits per heavy atom. The summed E-state index contributed by atoms with van der Waals surface area (Å²) in [6.07, 6.45) is 1.37. The minimum atomic E-state index is 0.819. The maximum absolute atomic E-state index is 3.16. The summed E-state index contributed by atoms with van der Waals surface area (Å²) in [7, 11) is 4.18. The maximum Gasteiger partial charge on any atom is 0.0229 e. The zero-order valence-electron chi connectivity index (χ0n) is 5.65. The Kier molecular flexibility index (Phi) is 1.86. The lowest BCUT2D eigenvalue weighted by molar-refractivity contribution is 0.127. The van der Waals surface area contributed by atoms with Gasteiger partial charge in [-0.15, -0.1) is 0 Å². The van der Waals surface area contributed by atoms with Gasteiger partial charge in [-0.2, -0.15) is 0 Å². The van der Waals surface area contributed by atoms with Gasteiger partial charge in [-0.25, -0.2) is 0 Å². The Labute approximate surface area is 50.9 Å². The van der Waals surface area contributed by atoms with Gasteiger partial charge >= 0.3 is 0 Å². The molecule has 1 rings (SSSR count). The first kappa shape index (κ1) is 6.05. The number of likely N-dealkylation sites (N-methyl/N-ethyl adjacent to an activating group) is 2. The normalized spacial score (nSPS) is 30.0. The van der Waals surface area contributed by atoms with E-state index in [1.165, 1.54) is 13.0 Å². The SMILES string of the molecule is CNC[C@H]1CCN1C. The van der Waals surface area contributed by atoms with E-state index < -0.39 is 0 Å². The van der Waals surface area contributed by atoms with Gasteiger partial charge in [-0.3, -0.25) is 0 Å². The average Bonchev–Trinajstić information content (AvgIpc) is 1.79. The van der Waals surface area contributed by atoms with E-state index in [0.29, 0.717) is 0 Å². The molecule has 8 heavy (non-hydrogen) atoms. The van der Waals surface area contributed by atoms with Gasteiger partial charge in [0.05, 0.1) is 0 Å². The van der Waals surface area contributed by atoms with Crippen LogP contribution in [0.2, 0.25) is 0 Å². The summed E-state index contributed by atoms with van der Waals surface area (Å²) < 4.78 is 0. The number of nitrogens with zero attached hydrogens (tertiary/aromatic N) is 1. The van der Waals surface area contributed by atoms with Crippen LogP contribution in [0.5, 0.6) is 0 Å². The van der Waals surface area contributed by atoms with Gasteiger partial charge in [0.1, 0.15) is 0 Å².